The van der Waals surface area contributed by atoms with Gasteiger partial charge in [0.15, 0.2) is 5.69 Å². The highest BCUT2D eigenvalue weighted by Gasteiger charge is 2.33. The lowest BCUT2D eigenvalue weighted by atomic mass is 9.95. The third-order valence-corrected chi connectivity index (χ3v) is 5.17. The van der Waals surface area contributed by atoms with Gasteiger partial charge in [0.1, 0.15) is 18.2 Å². The van der Waals surface area contributed by atoms with Crippen molar-refractivity contribution >= 4 is 28.8 Å². The summed E-state index contributed by atoms with van der Waals surface area (Å²) in [6.45, 7) is 10.4. The van der Waals surface area contributed by atoms with Crippen molar-refractivity contribution in [3.8, 4) is 5.88 Å². The number of piperidine rings is 1. The summed E-state index contributed by atoms with van der Waals surface area (Å²) >= 11 is 6.26. The summed E-state index contributed by atoms with van der Waals surface area (Å²) in [4.78, 5) is 12.0. The quantitative estimate of drug-likeness (QED) is 0.783. The van der Waals surface area contributed by atoms with Crippen LogP contribution in [0.25, 0.3) is 4.85 Å². The van der Waals surface area contributed by atoms with Crippen molar-refractivity contribution < 1.29 is 9.47 Å². The summed E-state index contributed by atoms with van der Waals surface area (Å²) in [6.07, 6.45) is 3.38. The predicted molar refractivity (Wildman–Crippen MR) is 103 cm³/mol. The zero-order valence-corrected chi connectivity index (χ0v) is 15.7. The molecule has 1 aromatic carbocycles. The van der Waals surface area contributed by atoms with Gasteiger partial charge in [-0.1, -0.05) is 17.7 Å². The van der Waals surface area contributed by atoms with Gasteiger partial charge in [-0.15, -0.1) is 0 Å². The van der Waals surface area contributed by atoms with E-state index in [1.807, 2.05) is 6.92 Å². The minimum absolute atomic E-state index is 0.105. The fraction of sp³-hybridized carbons (Fsp3) is 0.421. The number of nitrogens with one attached hydrogen (secondary N) is 2. The van der Waals surface area contributed by atoms with Crippen molar-refractivity contribution in [2.45, 2.75) is 38.0 Å². The summed E-state index contributed by atoms with van der Waals surface area (Å²) < 4.78 is 11.8. The van der Waals surface area contributed by atoms with Crippen LogP contribution in [0.5, 0.6) is 5.88 Å². The predicted octanol–water partition coefficient (Wildman–Crippen LogP) is 3.63. The van der Waals surface area contributed by atoms with Crippen LogP contribution in [-0.4, -0.2) is 41.4 Å². The van der Waals surface area contributed by atoms with Crippen LogP contribution in [0.3, 0.4) is 0 Å². The van der Waals surface area contributed by atoms with E-state index in [0.29, 0.717) is 40.2 Å². The molecule has 27 heavy (non-hydrogen) atoms. The van der Waals surface area contributed by atoms with E-state index in [4.69, 9.17) is 27.6 Å². The molecule has 2 fully saturated rings. The molecule has 0 spiro atoms. The lowest BCUT2D eigenvalue weighted by molar-refractivity contribution is -0.0134. The second kappa shape index (κ2) is 7.69. The molecule has 2 N–H and O–H groups in total. The van der Waals surface area contributed by atoms with Crippen molar-refractivity contribution in [3.63, 3.8) is 0 Å². The number of rotatable bonds is 4. The summed E-state index contributed by atoms with van der Waals surface area (Å²) in [6, 6.07) is 5.78. The van der Waals surface area contributed by atoms with E-state index in [0.717, 1.165) is 31.6 Å². The summed E-state index contributed by atoms with van der Waals surface area (Å²) in [5.74, 6) is 1.21. The molecule has 0 radical (unpaired) electrons. The number of aromatic nitrogens is 2. The largest absolute Gasteiger partial charge is 0.474 e. The molecule has 0 aliphatic carbocycles. The Labute approximate surface area is 162 Å². The van der Waals surface area contributed by atoms with E-state index in [2.05, 4.69) is 25.4 Å². The number of hydrogen-bond donors (Lipinski definition) is 2. The molecule has 2 aromatic rings. The summed E-state index contributed by atoms with van der Waals surface area (Å²) in [5, 5.41) is 7.24. The molecule has 2 unspecified atom stereocenters. The minimum atomic E-state index is 0.105. The molecular weight excluding hydrogens is 366 g/mol. The number of nitrogens with zero attached hydrogens (tertiary/aromatic N) is 3. The van der Waals surface area contributed by atoms with Crippen LogP contribution >= 0.6 is 11.6 Å². The van der Waals surface area contributed by atoms with Crippen molar-refractivity contribution in [3.05, 3.63) is 46.5 Å². The molecule has 0 saturated carbocycles. The van der Waals surface area contributed by atoms with E-state index in [1.54, 1.807) is 18.2 Å². The van der Waals surface area contributed by atoms with Gasteiger partial charge >= 0.3 is 0 Å². The Morgan fingerprint density at radius 2 is 2.07 bits per heavy atom. The van der Waals surface area contributed by atoms with Crippen LogP contribution in [0.15, 0.2) is 24.5 Å². The van der Waals surface area contributed by atoms with Gasteiger partial charge in [0.05, 0.1) is 36.1 Å². The second-order valence-electron chi connectivity index (χ2n) is 6.86. The normalized spacial score (nSPS) is 24.1. The Bertz CT molecular complexity index is 873. The van der Waals surface area contributed by atoms with Crippen LogP contribution < -0.4 is 15.4 Å². The highest BCUT2D eigenvalue weighted by Crippen LogP contribution is 2.32. The Morgan fingerprint density at radius 3 is 2.78 bits per heavy atom. The molecule has 140 valence electrons. The molecule has 2 aliphatic heterocycles. The first-order chi connectivity index (χ1) is 13.1. The van der Waals surface area contributed by atoms with E-state index in [9.17, 15) is 0 Å². The molecule has 2 aliphatic rings. The monoisotopic (exact) mass is 385 g/mol. The van der Waals surface area contributed by atoms with Gasteiger partial charge in [0, 0.05) is 24.9 Å². The number of hydrogen-bond acceptors (Lipinski definition) is 6. The molecule has 4 rings (SSSR count). The lowest BCUT2D eigenvalue weighted by Crippen LogP contribution is -2.56. The average molecular weight is 386 g/mol. The van der Waals surface area contributed by atoms with Crippen molar-refractivity contribution in [1.82, 2.24) is 15.3 Å². The SMILES string of the molecule is [C-]#[N+]c1ccc(Nc2ncnc(OC3CC4COC[C@@H](C3)N4)c2C)c(Cl)c1. The van der Waals surface area contributed by atoms with Crippen molar-refractivity contribution in [1.29, 1.82) is 0 Å². The molecular formula is C19H20ClN5O2. The van der Waals surface area contributed by atoms with Crippen LogP contribution in [0.4, 0.5) is 17.2 Å². The third-order valence-electron chi connectivity index (χ3n) is 4.86. The van der Waals surface area contributed by atoms with Gasteiger partial charge < -0.3 is 20.1 Å². The van der Waals surface area contributed by atoms with Crippen molar-refractivity contribution in [2.24, 2.45) is 0 Å². The molecule has 8 heteroatoms. The lowest BCUT2D eigenvalue weighted by Gasteiger charge is -2.39. The van der Waals surface area contributed by atoms with E-state index in [-0.39, 0.29) is 6.10 Å². The maximum atomic E-state index is 7.06. The standard InChI is InChI=1S/C19H20ClN5O2/c1-11-18(25-17-4-3-12(21-2)7-16(17)20)22-10-23-19(11)27-15-5-13-8-26-9-14(6-15)24-13/h3-4,7,10,13-15,24H,5-6,8-9H2,1H3,(H,22,23,25)/t13-,14?,15?/m1/s1. The zero-order chi connectivity index (χ0) is 18.8. The fourth-order valence-corrected chi connectivity index (χ4v) is 3.74. The van der Waals surface area contributed by atoms with Crippen LogP contribution in [0.2, 0.25) is 5.02 Å². The molecule has 3 atom stereocenters. The van der Waals surface area contributed by atoms with Gasteiger partial charge in [-0.2, -0.15) is 0 Å². The first-order valence-electron chi connectivity index (χ1n) is 8.88. The van der Waals surface area contributed by atoms with Gasteiger partial charge in [0.2, 0.25) is 5.88 Å². The Balaban J connectivity index is 1.50. The molecule has 1 aromatic heterocycles. The van der Waals surface area contributed by atoms with Gasteiger partial charge in [-0.05, 0) is 19.1 Å². The number of morpholine rings is 1. The van der Waals surface area contributed by atoms with E-state index >= 15 is 0 Å². The van der Waals surface area contributed by atoms with Gasteiger partial charge in [0.25, 0.3) is 0 Å². The summed E-state index contributed by atoms with van der Waals surface area (Å²) in [5.41, 5.74) is 2.00. The number of ether oxygens (including phenoxy) is 2. The first kappa shape index (κ1) is 18.0. The zero-order valence-electron chi connectivity index (χ0n) is 14.9. The fourth-order valence-electron chi connectivity index (χ4n) is 3.52. The highest BCUT2D eigenvalue weighted by atomic mass is 35.5. The van der Waals surface area contributed by atoms with E-state index < -0.39 is 0 Å². The minimum Gasteiger partial charge on any atom is -0.474 e. The first-order valence-corrected chi connectivity index (χ1v) is 9.26. The number of fused-ring (bicyclic) bond motifs is 2. The Kier molecular flexibility index (Phi) is 5.12. The van der Waals surface area contributed by atoms with E-state index in [1.165, 1.54) is 6.33 Å². The van der Waals surface area contributed by atoms with Crippen molar-refractivity contribution in [2.75, 3.05) is 18.5 Å². The van der Waals surface area contributed by atoms with Crippen LogP contribution in [0.1, 0.15) is 18.4 Å². The molecule has 2 saturated heterocycles. The Morgan fingerprint density at radius 1 is 1.30 bits per heavy atom. The number of halogens is 1. The van der Waals surface area contributed by atoms with Gasteiger partial charge in [-0.25, -0.2) is 14.8 Å². The maximum Gasteiger partial charge on any atom is 0.221 e. The topological polar surface area (TPSA) is 72.7 Å². The van der Waals surface area contributed by atoms with Crippen LogP contribution in [0, 0.1) is 13.5 Å². The third kappa shape index (κ3) is 3.98. The smallest absolute Gasteiger partial charge is 0.221 e. The second-order valence-corrected chi connectivity index (χ2v) is 7.27. The number of benzene rings is 1. The number of anilines is 2. The molecule has 7 nitrogen and oxygen atoms in total. The molecule has 2 bridgehead atoms. The van der Waals surface area contributed by atoms with Gasteiger partial charge in [-0.3, -0.25) is 0 Å². The molecule has 0 amide bonds. The maximum absolute atomic E-state index is 7.06. The molecule has 3 heterocycles. The highest BCUT2D eigenvalue weighted by molar-refractivity contribution is 6.33. The average Bonchev–Trinajstić information content (AvgIpc) is 2.66. The van der Waals surface area contributed by atoms with Crippen LogP contribution in [-0.2, 0) is 4.74 Å². The Hall–Kier alpha value is -2.40. The summed E-state index contributed by atoms with van der Waals surface area (Å²) in [7, 11) is 0.